The second-order valence-corrected chi connectivity index (χ2v) is 4.40. The van der Waals surface area contributed by atoms with Gasteiger partial charge in [0.2, 0.25) is 0 Å². The molecule has 0 nitrogen and oxygen atoms in total. The monoisotopic (exact) mass is 186 g/mol. The van der Waals surface area contributed by atoms with Gasteiger partial charge in [-0.1, -0.05) is 44.2 Å². The van der Waals surface area contributed by atoms with E-state index in [1.807, 2.05) is 0 Å². The Morgan fingerprint density at radius 3 is 2.71 bits per heavy atom. The first-order valence-electron chi connectivity index (χ1n) is 5.57. The number of hydrogen-bond donors (Lipinski definition) is 0. The van der Waals surface area contributed by atoms with E-state index in [0.29, 0.717) is 5.92 Å². The molecule has 74 valence electrons. The van der Waals surface area contributed by atoms with E-state index in [9.17, 15) is 0 Å². The van der Waals surface area contributed by atoms with Crippen LogP contribution >= 0.6 is 0 Å². The summed E-state index contributed by atoms with van der Waals surface area (Å²) in [5.74, 6) is 0.636. The van der Waals surface area contributed by atoms with Crippen LogP contribution in [0.4, 0.5) is 0 Å². The first kappa shape index (κ1) is 9.51. The SMILES string of the molecule is CC(C)c1cccc(C2=CCCC2)c1. The van der Waals surface area contributed by atoms with Gasteiger partial charge in [-0.3, -0.25) is 0 Å². The average Bonchev–Trinajstić information content (AvgIpc) is 2.71. The van der Waals surface area contributed by atoms with Crippen LogP contribution in [0, 0.1) is 0 Å². The molecular formula is C14H18. The maximum Gasteiger partial charge on any atom is -0.0219 e. The van der Waals surface area contributed by atoms with Gasteiger partial charge in [0.25, 0.3) is 0 Å². The number of benzene rings is 1. The maximum atomic E-state index is 2.39. The molecule has 0 N–H and O–H groups in total. The van der Waals surface area contributed by atoms with Crippen molar-refractivity contribution in [3.63, 3.8) is 0 Å². The molecule has 0 atom stereocenters. The molecule has 1 aromatic rings. The molecule has 0 saturated heterocycles. The van der Waals surface area contributed by atoms with E-state index in [0.717, 1.165) is 0 Å². The Labute approximate surface area is 86.7 Å². The third-order valence-corrected chi connectivity index (χ3v) is 2.97. The average molecular weight is 186 g/mol. The van der Waals surface area contributed by atoms with Crippen LogP contribution in [0.25, 0.3) is 5.57 Å². The van der Waals surface area contributed by atoms with Gasteiger partial charge < -0.3 is 0 Å². The van der Waals surface area contributed by atoms with Crippen LogP contribution in [-0.4, -0.2) is 0 Å². The minimum Gasteiger partial charge on any atom is -0.0807 e. The molecule has 1 aliphatic rings. The van der Waals surface area contributed by atoms with Crippen molar-refractivity contribution < 1.29 is 0 Å². The molecule has 0 amide bonds. The Morgan fingerprint density at radius 2 is 2.07 bits per heavy atom. The van der Waals surface area contributed by atoms with Crippen molar-refractivity contribution in [3.8, 4) is 0 Å². The van der Waals surface area contributed by atoms with Crippen LogP contribution < -0.4 is 0 Å². The number of hydrogen-bond acceptors (Lipinski definition) is 0. The van der Waals surface area contributed by atoms with Crippen LogP contribution in [-0.2, 0) is 0 Å². The fourth-order valence-electron chi connectivity index (χ4n) is 2.03. The fourth-order valence-corrected chi connectivity index (χ4v) is 2.03. The summed E-state index contributed by atoms with van der Waals surface area (Å²) in [6.45, 7) is 4.50. The predicted molar refractivity (Wildman–Crippen MR) is 62.4 cm³/mol. The molecule has 0 aliphatic heterocycles. The summed E-state index contributed by atoms with van der Waals surface area (Å²) in [5, 5.41) is 0. The molecule has 0 aromatic heterocycles. The van der Waals surface area contributed by atoms with E-state index in [1.165, 1.54) is 30.4 Å². The molecule has 0 fully saturated rings. The van der Waals surface area contributed by atoms with Crippen LogP contribution in [0.15, 0.2) is 30.3 Å². The molecule has 14 heavy (non-hydrogen) atoms. The minimum absolute atomic E-state index is 0.636. The molecule has 0 radical (unpaired) electrons. The summed E-state index contributed by atoms with van der Waals surface area (Å²) < 4.78 is 0. The van der Waals surface area contributed by atoms with Crippen molar-refractivity contribution in [1.82, 2.24) is 0 Å². The number of rotatable bonds is 2. The van der Waals surface area contributed by atoms with Gasteiger partial charge in [0.05, 0.1) is 0 Å². The Bertz CT molecular complexity index is 345. The summed E-state index contributed by atoms with van der Waals surface area (Å²) in [6, 6.07) is 9.00. The van der Waals surface area contributed by atoms with Crippen molar-refractivity contribution in [1.29, 1.82) is 0 Å². The lowest BCUT2D eigenvalue weighted by Gasteiger charge is -2.08. The summed E-state index contributed by atoms with van der Waals surface area (Å²) in [7, 11) is 0. The van der Waals surface area contributed by atoms with E-state index in [-0.39, 0.29) is 0 Å². The normalized spacial score (nSPS) is 16.1. The Balaban J connectivity index is 2.30. The van der Waals surface area contributed by atoms with Crippen molar-refractivity contribution >= 4 is 5.57 Å². The maximum absolute atomic E-state index is 2.39. The van der Waals surface area contributed by atoms with E-state index in [1.54, 1.807) is 5.57 Å². The van der Waals surface area contributed by atoms with Crippen molar-refractivity contribution in [3.05, 3.63) is 41.5 Å². The molecule has 1 aliphatic carbocycles. The fraction of sp³-hybridized carbons (Fsp3) is 0.429. The van der Waals surface area contributed by atoms with Gasteiger partial charge in [-0.25, -0.2) is 0 Å². The zero-order valence-corrected chi connectivity index (χ0v) is 9.09. The third-order valence-electron chi connectivity index (χ3n) is 2.97. The first-order chi connectivity index (χ1) is 6.77. The van der Waals surface area contributed by atoms with Gasteiger partial charge in [0.15, 0.2) is 0 Å². The van der Waals surface area contributed by atoms with Crippen molar-refractivity contribution in [2.75, 3.05) is 0 Å². The molecule has 0 saturated carbocycles. The van der Waals surface area contributed by atoms with Gasteiger partial charge in [0, 0.05) is 0 Å². The predicted octanol–water partition coefficient (Wildman–Crippen LogP) is 4.38. The highest BCUT2D eigenvalue weighted by Crippen LogP contribution is 2.29. The van der Waals surface area contributed by atoms with E-state index in [4.69, 9.17) is 0 Å². The summed E-state index contributed by atoms with van der Waals surface area (Å²) in [6.07, 6.45) is 6.25. The Kier molecular flexibility index (Phi) is 2.72. The third kappa shape index (κ3) is 1.89. The molecule has 2 rings (SSSR count). The quantitative estimate of drug-likeness (QED) is 0.643. The summed E-state index contributed by atoms with van der Waals surface area (Å²) in [4.78, 5) is 0. The van der Waals surface area contributed by atoms with Gasteiger partial charge in [-0.05, 0) is 41.9 Å². The molecule has 0 spiro atoms. The highest BCUT2D eigenvalue weighted by Gasteiger charge is 2.08. The van der Waals surface area contributed by atoms with Gasteiger partial charge in [-0.15, -0.1) is 0 Å². The van der Waals surface area contributed by atoms with Crippen molar-refractivity contribution in [2.45, 2.75) is 39.0 Å². The minimum atomic E-state index is 0.636. The highest BCUT2D eigenvalue weighted by molar-refractivity contribution is 5.67. The van der Waals surface area contributed by atoms with Crippen LogP contribution in [0.2, 0.25) is 0 Å². The second-order valence-electron chi connectivity index (χ2n) is 4.40. The van der Waals surface area contributed by atoms with Gasteiger partial charge in [0.1, 0.15) is 0 Å². The second kappa shape index (κ2) is 4.00. The highest BCUT2D eigenvalue weighted by atomic mass is 14.1. The smallest absolute Gasteiger partial charge is 0.0219 e. The van der Waals surface area contributed by atoms with E-state index < -0.39 is 0 Å². The first-order valence-corrected chi connectivity index (χ1v) is 5.57. The molecule has 0 heteroatoms. The zero-order valence-electron chi connectivity index (χ0n) is 9.09. The largest absolute Gasteiger partial charge is 0.0807 e. The molecule has 0 heterocycles. The van der Waals surface area contributed by atoms with Gasteiger partial charge in [-0.2, -0.15) is 0 Å². The standard InChI is InChI=1S/C14H18/c1-11(2)13-8-5-9-14(10-13)12-6-3-4-7-12/h5-6,8-11H,3-4,7H2,1-2H3. The van der Waals surface area contributed by atoms with Crippen LogP contribution in [0.1, 0.15) is 50.2 Å². The Morgan fingerprint density at radius 1 is 1.21 bits per heavy atom. The van der Waals surface area contributed by atoms with E-state index in [2.05, 4.69) is 44.2 Å². The lowest BCUT2D eigenvalue weighted by atomic mass is 9.97. The van der Waals surface area contributed by atoms with Gasteiger partial charge >= 0.3 is 0 Å². The molecule has 0 unspecified atom stereocenters. The summed E-state index contributed by atoms with van der Waals surface area (Å²) in [5.41, 5.74) is 4.44. The lowest BCUT2D eigenvalue weighted by molar-refractivity contribution is 0.865. The number of allylic oxidation sites excluding steroid dienone is 2. The lowest BCUT2D eigenvalue weighted by Crippen LogP contribution is -1.89. The zero-order chi connectivity index (χ0) is 9.97. The topological polar surface area (TPSA) is 0 Å². The van der Waals surface area contributed by atoms with Crippen LogP contribution in [0.5, 0.6) is 0 Å². The summed E-state index contributed by atoms with van der Waals surface area (Å²) >= 11 is 0. The molecule has 0 bridgehead atoms. The molecule has 1 aromatic carbocycles. The van der Waals surface area contributed by atoms with Crippen molar-refractivity contribution in [2.24, 2.45) is 0 Å². The molecular weight excluding hydrogens is 168 g/mol. The van der Waals surface area contributed by atoms with Crippen LogP contribution in [0.3, 0.4) is 0 Å². The Hall–Kier alpha value is -1.04. The van der Waals surface area contributed by atoms with E-state index >= 15 is 0 Å².